The molecule has 0 saturated carbocycles. The number of nitrogens with zero attached hydrogens (tertiary/aromatic N) is 1. The first-order chi connectivity index (χ1) is 10.2. The van der Waals surface area contributed by atoms with Gasteiger partial charge in [-0.25, -0.2) is 13.6 Å². The van der Waals surface area contributed by atoms with Crippen molar-refractivity contribution in [2.75, 3.05) is 13.1 Å². The van der Waals surface area contributed by atoms with Gasteiger partial charge in [0.05, 0.1) is 18.7 Å². The number of aldehydes is 1. The quantitative estimate of drug-likeness (QED) is 0.805. The Kier molecular flexibility index (Phi) is 4.35. The Labute approximate surface area is 126 Å². The van der Waals surface area contributed by atoms with E-state index < -0.39 is 28.9 Å². The molecule has 1 aromatic rings. The highest BCUT2D eigenvalue weighted by atomic mass is 19.1. The van der Waals surface area contributed by atoms with Gasteiger partial charge in [-0.2, -0.15) is 0 Å². The Hall–Kier alpha value is -2.18. The van der Waals surface area contributed by atoms with E-state index in [0.717, 1.165) is 12.1 Å². The molecule has 22 heavy (non-hydrogen) atoms. The Balaban J connectivity index is 1.91. The second-order valence-corrected chi connectivity index (χ2v) is 6.04. The zero-order valence-electron chi connectivity index (χ0n) is 12.6. The third-order valence-electron chi connectivity index (χ3n) is 2.97. The van der Waals surface area contributed by atoms with Crippen LogP contribution in [0, 0.1) is 11.6 Å². The maximum Gasteiger partial charge on any atom is 0.410 e. The largest absolute Gasteiger partial charge is 0.487 e. The molecule has 1 aliphatic heterocycles. The molecule has 1 heterocycles. The molecule has 120 valence electrons. The first kappa shape index (κ1) is 16.2. The van der Waals surface area contributed by atoms with Crippen LogP contribution in [0.15, 0.2) is 12.1 Å². The maximum atomic E-state index is 13.4. The van der Waals surface area contributed by atoms with Gasteiger partial charge in [-0.1, -0.05) is 0 Å². The fourth-order valence-corrected chi connectivity index (χ4v) is 1.92. The summed E-state index contributed by atoms with van der Waals surface area (Å²) in [4.78, 5) is 23.7. The molecule has 1 aromatic carbocycles. The number of benzene rings is 1. The average molecular weight is 313 g/mol. The van der Waals surface area contributed by atoms with Crippen LogP contribution < -0.4 is 4.74 Å². The van der Waals surface area contributed by atoms with Crippen LogP contribution in [0.1, 0.15) is 31.1 Å². The Morgan fingerprint density at radius 2 is 1.82 bits per heavy atom. The summed E-state index contributed by atoms with van der Waals surface area (Å²) in [6.45, 7) is 5.83. The lowest BCUT2D eigenvalue weighted by Gasteiger charge is -2.39. The van der Waals surface area contributed by atoms with Crippen molar-refractivity contribution in [2.24, 2.45) is 0 Å². The van der Waals surface area contributed by atoms with Gasteiger partial charge in [0.2, 0.25) is 0 Å². The minimum absolute atomic E-state index is 0.0190. The Morgan fingerprint density at radius 3 is 2.27 bits per heavy atom. The molecule has 0 N–H and O–H groups in total. The highest BCUT2D eigenvalue weighted by Gasteiger charge is 2.35. The summed E-state index contributed by atoms with van der Waals surface area (Å²) in [6, 6.07) is 1.89. The van der Waals surface area contributed by atoms with Crippen LogP contribution in [0.4, 0.5) is 13.6 Å². The van der Waals surface area contributed by atoms with Gasteiger partial charge in [0.1, 0.15) is 29.1 Å². The zero-order chi connectivity index (χ0) is 16.5. The number of carbonyl (C=O) groups is 2. The minimum atomic E-state index is -0.978. The number of ether oxygens (including phenoxy) is 2. The summed E-state index contributed by atoms with van der Waals surface area (Å²) in [6.07, 6.45) is -0.711. The van der Waals surface area contributed by atoms with E-state index in [4.69, 9.17) is 9.47 Å². The number of halogens is 2. The molecular weight excluding hydrogens is 296 g/mol. The highest BCUT2D eigenvalue weighted by Crippen LogP contribution is 2.24. The van der Waals surface area contributed by atoms with Gasteiger partial charge in [-0.15, -0.1) is 0 Å². The van der Waals surface area contributed by atoms with E-state index in [1.54, 1.807) is 20.8 Å². The monoisotopic (exact) mass is 313 g/mol. The van der Waals surface area contributed by atoms with Crippen LogP contribution in [0.2, 0.25) is 0 Å². The van der Waals surface area contributed by atoms with E-state index in [2.05, 4.69) is 0 Å². The first-order valence-corrected chi connectivity index (χ1v) is 6.78. The second kappa shape index (κ2) is 5.90. The van der Waals surface area contributed by atoms with E-state index in [9.17, 15) is 18.4 Å². The second-order valence-electron chi connectivity index (χ2n) is 6.04. The molecule has 0 bridgehead atoms. The minimum Gasteiger partial charge on any atom is -0.487 e. The van der Waals surface area contributed by atoms with Gasteiger partial charge in [0.15, 0.2) is 6.29 Å². The molecule has 2 rings (SSSR count). The SMILES string of the molecule is CC(C)(C)OC(=O)N1CC(Oc2cc(F)c(C=O)c(F)c2)C1. The van der Waals surface area contributed by atoms with E-state index in [0.29, 0.717) is 0 Å². The number of carbonyl (C=O) groups excluding carboxylic acids is 2. The summed E-state index contributed by atoms with van der Waals surface area (Å²) >= 11 is 0. The van der Waals surface area contributed by atoms with Gasteiger partial charge < -0.3 is 14.4 Å². The highest BCUT2D eigenvalue weighted by molar-refractivity contribution is 5.76. The summed E-state index contributed by atoms with van der Waals surface area (Å²) < 4.78 is 37.4. The van der Waals surface area contributed by atoms with Crippen LogP contribution in [0.3, 0.4) is 0 Å². The molecule has 0 aliphatic carbocycles. The normalized spacial score (nSPS) is 15.2. The third-order valence-corrected chi connectivity index (χ3v) is 2.97. The molecule has 5 nitrogen and oxygen atoms in total. The molecule has 0 radical (unpaired) electrons. The third kappa shape index (κ3) is 3.72. The standard InChI is InChI=1S/C15H17F2NO4/c1-15(2,3)22-14(20)18-6-10(7-18)21-9-4-12(16)11(8-19)13(17)5-9/h4-5,8,10H,6-7H2,1-3H3. The van der Waals surface area contributed by atoms with Crippen LogP contribution >= 0.6 is 0 Å². The topological polar surface area (TPSA) is 55.8 Å². The van der Waals surface area contributed by atoms with Crippen LogP contribution in [-0.2, 0) is 4.74 Å². The molecule has 0 atom stereocenters. The van der Waals surface area contributed by atoms with Gasteiger partial charge in [-0.3, -0.25) is 4.79 Å². The van der Waals surface area contributed by atoms with Gasteiger partial charge in [-0.05, 0) is 20.8 Å². The summed E-state index contributed by atoms with van der Waals surface area (Å²) in [7, 11) is 0. The molecule has 1 saturated heterocycles. The van der Waals surface area contributed by atoms with Crippen molar-refractivity contribution >= 4 is 12.4 Å². The lowest BCUT2D eigenvalue weighted by Crippen LogP contribution is -2.57. The van der Waals surface area contributed by atoms with Crippen LogP contribution in [0.25, 0.3) is 0 Å². The van der Waals surface area contributed by atoms with Crippen molar-refractivity contribution in [1.82, 2.24) is 4.90 Å². The summed E-state index contributed by atoms with van der Waals surface area (Å²) in [5.41, 5.74) is -1.21. The summed E-state index contributed by atoms with van der Waals surface area (Å²) in [5.74, 6) is -1.98. The lowest BCUT2D eigenvalue weighted by molar-refractivity contribution is -0.0223. The predicted octanol–water partition coefficient (Wildman–Crippen LogP) is 2.78. The fraction of sp³-hybridized carbons (Fsp3) is 0.467. The van der Waals surface area contributed by atoms with Gasteiger partial charge in [0, 0.05) is 12.1 Å². The molecule has 1 aliphatic rings. The number of amides is 1. The maximum absolute atomic E-state index is 13.4. The fourth-order valence-electron chi connectivity index (χ4n) is 1.92. The van der Waals surface area contributed by atoms with E-state index in [1.165, 1.54) is 4.90 Å². The van der Waals surface area contributed by atoms with Crippen LogP contribution in [-0.4, -0.2) is 42.1 Å². The van der Waals surface area contributed by atoms with Crippen molar-refractivity contribution in [3.8, 4) is 5.75 Å². The van der Waals surface area contributed by atoms with Gasteiger partial charge >= 0.3 is 6.09 Å². The van der Waals surface area contributed by atoms with Crippen molar-refractivity contribution in [3.05, 3.63) is 29.3 Å². The molecule has 7 heteroatoms. The molecular formula is C15H17F2NO4. The molecule has 0 aromatic heterocycles. The van der Waals surface area contributed by atoms with E-state index in [-0.39, 0.29) is 31.2 Å². The smallest absolute Gasteiger partial charge is 0.410 e. The van der Waals surface area contributed by atoms with Crippen molar-refractivity contribution < 1.29 is 27.8 Å². The number of rotatable bonds is 3. The summed E-state index contributed by atoms with van der Waals surface area (Å²) in [5, 5.41) is 0. The first-order valence-electron chi connectivity index (χ1n) is 6.78. The Bertz CT molecular complexity index is 569. The molecule has 1 fully saturated rings. The van der Waals surface area contributed by atoms with E-state index in [1.807, 2.05) is 0 Å². The predicted molar refractivity (Wildman–Crippen MR) is 74.0 cm³/mol. The van der Waals surface area contributed by atoms with Crippen molar-refractivity contribution in [1.29, 1.82) is 0 Å². The number of hydrogen-bond acceptors (Lipinski definition) is 4. The van der Waals surface area contributed by atoms with Crippen molar-refractivity contribution in [3.63, 3.8) is 0 Å². The van der Waals surface area contributed by atoms with E-state index >= 15 is 0 Å². The Morgan fingerprint density at radius 1 is 1.27 bits per heavy atom. The number of hydrogen-bond donors (Lipinski definition) is 0. The molecule has 1 amide bonds. The molecule has 0 unspecified atom stereocenters. The zero-order valence-corrected chi connectivity index (χ0v) is 12.6. The lowest BCUT2D eigenvalue weighted by atomic mass is 10.1. The van der Waals surface area contributed by atoms with Crippen LogP contribution in [0.5, 0.6) is 5.75 Å². The van der Waals surface area contributed by atoms with Crippen molar-refractivity contribution in [2.45, 2.75) is 32.5 Å². The molecule has 0 spiro atoms. The average Bonchev–Trinajstić information content (AvgIpc) is 2.30. The number of likely N-dealkylation sites (tertiary alicyclic amines) is 1. The van der Waals surface area contributed by atoms with Gasteiger partial charge in [0.25, 0.3) is 0 Å².